The maximum absolute atomic E-state index is 12.6. The Morgan fingerprint density at radius 2 is 1.79 bits per heavy atom. The number of aromatic amines is 1. The van der Waals surface area contributed by atoms with E-state index in [0.29, 0.717) is 5.56 Å². The third-order valence-electron chi connectivity index (χ3n) is 5.49. The highest BCUT2D eigenvalue weighted by molar-refractivity contribution is 6.05. The quantitative estimate of drug-likeness (QED) is 0.712. The van der Waals surface area contributed by atoms with Gasteiger partial charge in [0, 0.05) is 43.1 Å². The van der Waals surface area contributed by atoms with Crippen LogP contribution in [0.1, 0.15) is 18.1 Å². The maximum Gasteiger partial charge on any atom is 0.258 e. The van der Waals surface area contributed by atoms with Crippen LogP contribution in [0.4, 0.5) is 11.4 Å². The van der Waals surface area contributed by atoms with Crippen molar-refractivity contribution in [2.24, 2.45) is 4.99 Å². The molecule has 0 spiro atoms. The van der Waals surface area contributed by atoms with Crippen molar-refractivity contribution in [2.75, 3.05) is 38.1 Å². The van der Waals surface area contributed by atoms with Crippen LogP contribution in [0.2, 0.25) is 0 Å². The lowest BCUT2D eigenvalue weighted by molar-refractivity contribution is 0.313. The van der Waals surface area contributed by atoms with Gasteiger partial charge in [-0.25, -0.2) is 0 Å². The van der Waals surface area contributed by atoms with Crippen molar-refractivity contribution >= 4 is 17.1 Å². The van der Waals surface area contributed by atoms with Crippen molar-refractivity contribution in [3.05, 3.63) is 70.0 Å². The molecule has 2 heterocycles. The fraction of sp³-hybridized carbons (Fsp3) is 0.304. The minimum Gasteiger partial charge on any atom is -0.369 e. The number of fused-ring (bicyclic) bond motifs is 1. The number of benzene rings is 1. The molecular weight excluding hydrogens is 348 g/mol. The van der Waals surface area contributed by atoms with Crippen molar-refractivity contribution in [1.82, 2.24) is 9.88 Å². The molecule has 0 unspecified atom stereocenters. The first-order valence-electron chi connectivity index (χ1n) is 9.74. The molecule has 28 heavy (non-hydrogen) atoms. The van der Waals surface area contributed by atoms with Gasteiger partial charge in [0.2, 0.25) is 0 Å². The van der Waals surface area contributed by atoms with Crippen molar-refractivity contribution in [2.45, 2.75) is 13.8 Å². The Hall–Kier alpha value is -2.92. The predicted octanol–water partition coefficient (Wildman–Crippen LogP) is 3.68. The second-order valence-electron chi connectivity index (χ2n) is 7.53. The Morgan fingerprint density at radius 1 is 1.04 bits per heavy atom. The summed E-state index contributed by atoms with van der Waals surface area (Å²) in [7, 11) is 2.16. The molecule has 2 aliphatic heterocycles. The normalized spacial score (nSPS) is 16.0. The molecule has 0 saturated carbocycles. The minimum absolute atomic E-state index is 0.0877. The van der Waals surface area contributed by atoms with E-state index in [-0.39, 0.29) is 5.56 Å². The summed E-state index contributed by atoms with van der Waals surface area (Å²) in [6, 6.07) is 16.2. The summed E-state index contributed by atoms with van der Waals surface area (Å²) in [5, 5.41) is 0. The SMILES string of the molecule is C/C(=N\c1cc(N2CCN(C)CC2)ccc1C)c1c2cccccc-2[nH]c1=O. The third kappa shape index (κ3) is 3.58. The molecule has 1 aromatic carbocycles. The van der Waals surface area contributed by atoms with Crippen molar-refractivity contribution in [1.29, 1.82) is 0 Å². The second-order valence-corrected chi connectivity index (χ2v) is 7.53. The Labute approximate surface area is 165 Å². The fourth-order valence-electron chi connectivity index (χ4n) is 3.76. The number of piperazine rings is 1. The molecule has 1 aromatic rings. The van der Waals surface area contributed by atoms with E-state index in [9.17, 15) is 4.79 Å². The molecule has 1 N–H and O–H groups in total. The monoisotopic (exact) mass is 374 g/mol. The molecule has 0 bridgehead atoms. The average Bonchev–Trinajstić information content (AvgIpc) is 2.83. The van der Waals surface area contributed by atoms with Crippen LogP contribution in [0.3, 0.4) is 0 Å². The van der Waals surface area contributed by atoms with Gasteiger partial charge in [-0.3, -0.25) is 9.79 Å². The van der Waals surface area contributed by atoms with Gasteiger partial charge in [-0.05, 0) is 44.7 Å². The highest BCUT2D eigenvalue weighted by Crippen LogP contribution is 2.28. The first-order chi connectivity index (χ1) is 13.5. The summed E-state index contributed by atoms with van der Waals surface area (Å²) in [4.78, 5) is 25.1. The summed E-state index contributed by atoms with van der Waals surface area (Å²) in [5.41, 5.74) is 6.26. The predicted molar refractivity (Wildman–Crippen MR) is 116 cm³/mol. The summed E-state index contributed by atoms with van der Waals surface area (Å²) in [6.45, 7) is 8.15. The molecule has 0 radical (unpaired) electrons. The van der Waals surface area contributed by atoms with Gasteiger partial charge >= 0.3 is 0 Å². The summed E-state index contributed by atoms with van der Waals surface area (Å²) in [5.74, 6) is 0. The van der Waals surface area contributed by atoms with E-state index in [2.05, 4.69) is 47.0 Å². The topological polar surface area (TPSA) is 51.7 Å². The van der Waals surface area contributed by atoms with Gasteiger partial charge in [0.15, 0.2) is 0 Å². The number of rotatable bonds is 3. The number of hydrogen-bond donors (Lipinski definition) is 1. The molecule has 1 saturated heterocycles. The lowest BCUT2D eigenvalue weighted by Crippen LogP contribution is -2.44. The number of nitrogens with one attached hydrogen (secondary N) is 1. The lowest BCUT2D eigenvalue weighted by Gasteiger charge is -2.34. The van der Waals surface area contributed by atoms with E-state index in [0.717, 1.165) is 54.4 Å². The molecule has 3 aliphatic rings. The second kappa shape index (κ2) is 7.60. The van der Waals surface area contributed by atoms with Crippen molar-refractivity contribution in [3.63, 3.8) is 0 Å². The van der Waals surface area contributed by atoms with E-state index >= 15 is 0 Å². The molecule has 4 rings (SSSR count). The summed E-state index contributed by atoms with van der Waals surface area (Å²) in [6.07, 6.45) is 0. The van der Waals surface area contributed by atoms with Gasteiger partial charge in [0.05, 0.1) is 17.0 Å². The van der Waals surface area contributed by atoms with Gasteiger partial charge in [0.25, 0.3) is 5.56 Å². The summed E-state index contributed by atoms with van der Waals surface area (Å²) >= 11 is 0. The Kier molecular flexibility index (Phi) is 5.01. The van der Waals surface area contributed by atoms with Gasteiger partial charge in [0.1, 0.15) is 0 Å². The van der Waals surface area contributed by atoms with Crippen LogP contribution in [0, 0.1) is 6.92 Å². The molecule has 5 heteroatoms. The number of aliphatic imine (C=N–C) groups is 1. The van der Waals surface area contributed by atoms with Crippen LogP contribution in [0.5, 0.6) is 0 Å². The zero-order chi connectivity index (χ0) is 19.7. The van der Waals surface area contributed by atoms with Crippen LogP contribution < -0.4 is 10.5 Å². The smallest absolute Gasteiger partial charge is 0.258 e. The van der Waals surface area contributed by atoms with E-state index in [4.69, 9.17) is 4.99 Å². The first-order valence-corrected chi connectivity index (χ1v) is 9.74. The van der Waals surface area contributed by atoms with Gasteiger partial charge in [-0.1, -0.05) is 30.3 Å². The molecule has 1 aliphatic carbocycles. The number of hydrogen-bond acceptors (Lipinski definition) is 4. The van der Waals surface area contributed by atoms with E-state index < -0.39 is 0 Å². The standard InChI is InChI=1S/C23H26N4O/c1-16-9-10-18(27-13-11-26(3)12-14-27)15-21(16)24-17(2)22-19-7-5-4-6-8-20(19)25-23(22)28/h4-10,15H,11-14H2,1-3H3,(H,25,28)/b24-17+. The highest BCUT2D eigenvalue weighted by Gasteiger charge is 2.18. The molecular formula is C23H26N4O. The van der Waals surface area contributed by atoms with Gasteiger partial charge in [-0.15, -0.1) is 0 Å². The van der Waals surface area contributed by atoms with Crippen LogP contribution in [0.15, 0.2) is 58.3 Å². The minimum atomic E-state index is -0.0877. The highest BCUT2D eigenvalue weighted by atomic mass is 16.1. The molecule has 1 fully saturated rings. The number of likely N-dealkylation sites (N-methyl/N-ethyl adjacent to an activating group) is 1. The molecule has 0 amide bonds. The Morgan fingerprint density at radius 3 is 2.57 bits per heavy atom. The fourth-order valence-corrected chi connectivity index (χ4v) is 3.76. The van der Waals surface area contributed by atoms with Crippen molar-refractivity contribution in [3.8, 4) is 11.3 Å². The number of aryl methyl sites for hydroxylation is 1. The number of aromatic nitrogens is 1. The zero-order valence-corrected chi connectivity index (χ0v) is 16.7. The maximum atomic E-state index is 12.6. The van der Waals surface area contributed by atoms with Gasteiger partial charge < -0.3 is 14.8 Å². The summed E-state index contributed by atoms with van der Waals surface area (Å²) < 4.78 is 0. The van der Waals surface area contributed by atoms with E-state index in [1.54, 1.807) is 0 Å². The first kappa shape index (κ1) is 18.4. The van der Waals surface area contributed by atoms with Crippen LogP contribution in [-0.2, 0) is 0 Å². The van der Waals surface area contributed by atoms with Crippen LogP contribution in [-0.4, -0.2) is 48.8 Å². The lowest BCUT2D eigenvalue weighted by atomic mass is 10.1. The Bertz CT molecular complexity index is 1040. The molecule has 0 atom stereocenters. The number of nitrogens with zero attached hydrogens (tertiary/aromatic N) is 3. The zero-order valence-electron chi connectivity index (χ0n) is 16.7. The van der Waals surface area contributed by atoms with Crippen molar-refractivity contribution < 1.29 is 0 Å². The molecule has 5 nitrogen and oxygen atoms in total. The van der Waals surface area contributed by atoms with Crippen LogP contribution >= 0.6 is 0 Å². The Balaban J connectivity index is 1.71. The largest absolute Gasteiger partial charge is 0.369 e. The van der Waals surface area contributed by atoms with Crippen LogP contribution in [0.25, 0.3) is 11.3 Å². The molecule has 0 aromatic heterocycles. The molecule has 144 valence electrons. The third-order valence-corrected chi connectivity index (χ3v) is 5.49. The number of anilines is 1. The van der Waals surface area contributed by atoms with E-state index in [1.807, 2.05) is 37.3 Å². The van der Waals surface area contributed by atoms with Gasteiger partial charge in [-0.2, -0.15) is 0 Å². The average molecular weight is 374 g/mol. The number of H-pyrrole nitrogens is 1. The van der Waals surface area contributed by atoms with E-state index in [1.165, 1.54) is 5.69 Å².